The number of benzene rings is 2. The number of anilines is 1. The Morgan fingerprint density at radius 3 is 2.72 bits per heavy atom. The van der Waals surface area contributed by atoms with Crippen LogP contribution in [0.25, 0.3) is 22.2 Å². The van der Waals surface area contributed by atoms with E-state index in [9.17, 15) is 4.79 Å². The molecule has 4 rings (SSSR count). The smallest absolute Gasteiger partial charge is 0.228 e. The zero-order valence-corrected chi connectivity index (χ0v) is 13.7. The van der Waals surface area contributed by atoms with Crippen LogP contribution in [0.5, 0.6) is 0 Å². The molecular weight excluding hydrogens is 314 g/mol. The number of aryl methyl sites for hydroxylation is 1. The first-order valence-corrected chi connectivity index (χ1v) is 8.07. The number of oxazole rings is 1. The highest BCUT2D eigenvalue weighted by Gasteiger charge is 2.09. The number of aromatic nitrogens is 2. The summed E-state index contributed by atoms with van der Waals surface area (Å²) in [5, 5.41) is 4.01. The van der Waals surface area contributed by atoms with Gasteiger partial charge < -0.3 is 14.7 Å². The molecule has 0 saturated heterocycles. The first kappa shape index (κ1) is 15.2. The first-order valence-electron chi connectivity index (χ1n) is 8.07. The van der Waals surface area contributed by atoms with Crippen molar-refractivity contribution in [3.05, 3.63) is 72.4 Å². The van der Waals surface area contributed by atoms with Gasteiger partial charge in [0.1, 0.15) is 0 Å². The van der Waals surface area contributed by atoms with Crippen molar-refractivity contribution >= 4 is 22.5 Å². The SMILES string of the molecule is Cc1ncc(-c2ccc(NC(=O)Cc3c[nH]c4ccccc34)cc2)o1. The second-order valence-electron chi connectivity index (χ2n) is 5.91. The van der Waals surface area contributed by atoms with E-state index in [0.717, 1.165) is 27.7 Å². The summed E-state index contributed by atoms with van der Waals surface area (Å²) in [6.45, 7) is 1.81. The normalized spacial score (nSPS) is 10.9. The van der Waals surface area contributed by atoms with Crippen molar-refractivity contribution in [3.63, 3.8) is 0 Å². The number of hydrogen-bond donors (Lipinski definition) is 2. The van der Waals surface area contributed by atoms with Crippen LogP contribution in [0.3, 0.4) is 0 Å². The van der Waals surface area contributed by atoms with E-state index >= 15 is 0 Å². The zero-order chi connectivity index (χ0) is 17.2. The highest BCUT2D eigenvalue weighted by Crippen LogP contribution is 2.23. The molecule has 4 aromatic rings. The monoisotopic (exact) mass is 331 g/mol. The van der Waals surface area contributed by atoms with Crippen molar-refractivity contribution in [2.45, 2.75) is 13.3 Å². The molecule has 0 atom stereocenters. The van der Waals surface area contributed by atoms with Gasteiger partial charge in [-0.25, -0.2) is 4.98 Å². The molecule has 0 aliphatic carbocycles. The maximum atomic E-state index is 12.3. The molecule has 2 N–H and O–H groups in total. The molecule has 0 bridgehead atoms. The molecule has 124 valence electrons. The van der Waals surface area contributed by atoms with E-state index in [1.807, 2.05) is 61.7 Å². The van der Waals surface area contributed by atoms with Gasteiger partial charge in [0.25, 0.3) is 0 Å². The lowest BCUT2D eigenvalue weighted by atomic mass is 10.1. The molecule has 5 heteroatoms. The second-order valence-corrected chi connectivity index (χ2v) is 5.91. The van der Waals surface area contributed by atoms with Crippen molar-refractivity contribution in [1.29, 1.82) is 0 Å². The quantitative estimate of drug-likeness (QED) is 0.585. The summed E-state index contributed by atoms with van der Waals surface area (Å²) >= 11 is 0. The van der Waals surface area contributed by atoms with Gasteiger partial charge in [-0.1, -0.05) is 18.2 Å². The Hall–Kier alpha value is -3.34. The van der Waals surface area contributed by atoms with Gasteiger partial charge in [-0.05, 0) is 35.9 Å². The number of fused-ring (bicyclic) bond motifs is 1. The molecule has 5 nitrogen and oxygen atoms in total. The Morgan fingerprint density at radius 2 is 1.96 bits per heavy atom. The van der Waals surface area contributed by atoms with Gasteiger partial charge in [0.15, 0.2) is 11.7 Å². The highest BCUT2D eigenvalue weighted by atomic mass is 16.4. The molecule has 1 amide bonds. The summed E-state index contributed by atoms with van der Waals surface area (Å²) in [6.07, 6.45) is 3.91. The van der Waals surface area contributed by atoms with Gasteiger partial charge in [-0.3, -0.25) is 4.79 Å². The van der Waals surface area contributed by atoms with Crippen LogP contribution in [-0.2, 0) is 11.2 Å². The largest absolute Gasteiger partial charge is 0.441 e. The predicted octanol–water partition coefficient (Wildman–Crippen LogP) is 4.31. The highest BCUT2D eigenvalue weighted by molar-refractivity contribution is 5.95. The number of nitrogens with zero attached hydrogens (tertiary/aromatic N) is 1. The molecule has 0 aliphatic heterocycles. The Bertz CT molecular complexity index is 1030. The molecule has 0 fully saturated rings. The number of hydrogen-bond acceptors (Lipinski definition) is 3. The zero-order valence-electron chi connectivity index (χ0n) is 13.7. The summed E-state index contributed by atoms with van der Waals surface area (Å²) < 4.78 is 5.50. The maximum Gasteiger partial charge on any atom is 0.228 e. The van der Waals surface area contributed by atoms with Crippen LogP contribution >= 0.6 is 0 Å². The van der Waals surface area contributed by atoms with Crippen LogP contribution in [0.2, 0.25) is 0 Å². The Balaban J connectivity index is 1.45. The van der Waals surface area contributed by atoms with Crippen molar-refractivity contribution in [2.24, 2.45) is 0 Å². The van der Waals surface area contributed by atoms with Gasteiger partial charge in [-0.2, -0.15) is 0 Å². The van der Waals surface area contributed by atoms with E-state index in [-0.39, 0.29) is 5.91 Å². The number of para-hydroxylation sites is 1. The standard InChI is InChI=1S/C20H17N3O2/c1-13-21-12-19(25-13)14-6-8-16(9-7-14)23-20(24)10-15-11-22-18-5-3-2-4-17(15)18/h2-9,11-12,22H,10H2,1H3,(H,23,24). The summed E-state index contributed by atoms with van der Waals surface area (Å²) in [7, 11) is 0. The summed E-state index contributed by atoms with van der Waals surface area (Å²) in [5.74, 6) is 1.30. The van der Waals surface area contributed by atoms with Gasteiger partial charge in [0, 0.05) is 35.3 Å². The number of nitrogens with one attached hydrogen (secondary N) is 2. The number of H-pyrrole nitrogens is 1. The van der Waals surface area contributed by atoms with Crippen molar-refractivity contribution in [1.82, 2.24) is 9.97 Å². The summed E-state index contributed by atoms with van der Waals surface area (Å²) in [6, 6.07) is 15.5. The van der Waals surface area contributed by atoms with Crippen molar-refractivity contribution in [3.8, 4) is 11.3 Å². The van der Waals surface area contributed by atoms with Crippen LogP contribution in [0, 0.1) is 6.92 Å². The molecule has 0 unspecified atom stereocenters. The third-order valence-electron chi connectivity index (χ3n) is 4.10. The van der Waals surface area contributed by atoms with E-state index in [2.05, 4.69) is 15.3 Å². The van der Waals surface area contributed by atoms with Crippen LogP contribution in [0.1, 0.15) is 11.5 Å². The Kier molecular flexibility index (Phi) is 3.82. The molecule has 25 heavy (non-hydrogen) atoms. The number of carbonyl (C=O) groups is 1. The third kappa shape index (κ3) is 3.17. The fourth-order valence-corrected chi connectivity index (χ4v) is 2.87. The fourth-order valence-electron chi connectivity index (χ4n) is 2.87. The van der Waals surface area contributed by atoms with Crippen molar-refractivity contribution < 1.29 is 9.21 Å². The average Bonchev–Trinajstić information content (AvgIpc) is 3.22. The first-order chi connectivity index (χ1) is 12.2. The second kappa shape index (κ2) is 6.28. The van der Waals surface area contributed by atoms with Gasteiger partial charge in [-0.15, -0.1) is 0 Å². The van der Waals surface area contributed by atoms with Gasteiger partial charge >= 0.3 is 0 Å². The number of carbonyl (C=O) groups excluding carboxylic acids is 1. The average molecular weight is 331 g/mol. The Labute approximate surface area is 144 Å². The van der Waals surface area contributed by atoms with E-state index in [0.29, 0.717) is 18.1 Å². The van der Waals surface area contributed by atoms with Crippen LogP contribution in [0.15, 0.2) is 65.3 Å². The molecule has 0 aliphatic rings. The van der Waals surface area contributed by atoms with Crippen LogP contribution < -0.4 is 5.32 Å². The lowest BCUT2D eigenvalue weighted by molar-refractivity contribution is -0.115. The number of rotatable bonds is 4. The van der Waals surface area contributed by atoms with Crippen LogP contribution in [-0.4, -0.2) is 15.9 Å². The molecule has 0 radical (unpaired) electrons. The van der Waals surface area contributed by atoms with E-state index in [4.69, 9.17) is 4.42 Å². The molecule has 0 spiro atoms. The minimum absolute atomic E-state index is 0.0481. The minimum atomic E-state index is -0.0481. The summed E-state index contributed by atoms with van der Waals surface area (Å²) in [4.78, 5) is 19.6. The molecule has 2 aromatic heterocycles. The predicted molar refractivity (Wildman–Crippen MR) is 97.3 cm³/mol. The van der Waals surface area contributed by atoms with E-state index < -0.39 is 0 Å². The van der Waals surface area contributed by atoms with E-state index in [1.165, 1.54) is 0 Å². The number of amides is 1. The maximum absolute atomic E-state index is 12.3. The third-order valence-corrected chi connectivity index (χ3v) is 4.10. The lowest BCUT2D eigenvalue weighted by Gasteiger charge is -2.05. The van der Waals surface area contributed by atoms with Crippen LogP contribution in [0.4, 0.5) is 5.69 Å². The van der Waals surface area contributed by atoms with Gasteiger partial charge in [0.2, 0.25) is 5.91 Å². The number of aromatic amines is 1. The van der Waals surface area contributed by atoms with Crippen molar-refractivity contribution in [2.75, 3.05) is 5.32 Å². The fraction of sp³-hybridized carbons (Fsp3) is 0.100. The molecule has 2 heterocycles. The molecule has 2 aromatic carbocycles. The minimum Gasteiger partial charge on any atom is -0.441 e. The van der Waals surface area contributed by atoms with Gasteiger partial charge in [0.05, 0.1) is 12.6 Å². The lowest BCUT2D eigenvalue weighted by Crippen LogP contribution is -2.14. The summed E-state index contributed by atoms with van der Waals surface area (Å²) in [5.41, 5.74) is 3.71. The topological polar surface area (TPSA) is 70.9 Å². The Morgan fingerprint density at radius 1 is 1.16 bits per heavy atom. The van der Waals surface area contributed by atoms with E-state index in [1.54, 1.807) is 6.20 Å². The molecule has 0 saturated carbocycles. The molecular formula is C20H17N3O2.